The first kappa shape index (κ1) is 20.7. The molecule has 136 valence electrons. The lowest BCUT2D eigenvalue weighted by Gasteiger charge is -2.17. The maximum absolute atomic E-state index is 12.1. The SMILES string of the molecule is CCCCCCCCCCc1ccc(C(=O)N(O)CC(C)C)cc1. The van der Waals surface area contributed by atoms with Crippen LogP contribution in [-0.2, 0) is 6.42 Å². The summed E-state index contributed by atoms with van der Waals surface area (Å²) in [5.74, 6) is -0.0671. The van der Waals surface area contributed by atoms with E-state index in [0.717, 1.165) is 11.5 Å². The van der Waals surface area contributed by atoms with Gasteiger partial charge < -0.3 is 0 Å². The fourth-order valence-corrected chi connectivity index (χ4v) is 2.85. The number of carbonyl (C=O) groups is 1. The third-order valence-corrected chi connectivity index (χ3v) is 4.29. The van der Waals surface area contributed by atoms with Gasteiger partial charge in [0.15, 0.2) is 0 Å². The lowest BCUT2D eigenvalue weighted by molar-refractivity contribution is -0.0647. The Balaban J connectivity index is 2.26. The number of hydrogen-bond donors (Lipinski definition) is 1. The van der Waals surface area contributed by atoms with E-state index in [-0.39, 0.29) is 11.8 Å². The van der Waals surface area contributed by atoms with Gasteiger partial charge in [0.25, 0.3) is 5.91 Å². The second-order valence-electron chi connectivity index (χ2n) is 7.20. The summed E-state index contributed by atoms with van der Waals surface area (Å²) in [5, 5.41) is 10.6. The van der Waals surface area contributed by atoms with E-state index < -0.39 is 0 Å². The van der Waals surface area contributed by atoms with Gasteiger partial charge in [-0.3, -0.25) is 10.0 Å². The van der Waals surface area contributed by atoms with Crippen LogP contribution in [0, 0.1) is 5.92 Å². The van der Waals surface area contributed by atoms with Crippen LogP contribution in [0.2, 0.25) is 0 Å². The Kier molecular flexibility index (Phi) is 10.4. The van der Waals surface area contributed by atoms with Gasteiger partial charge in [-0.15, -0.1) is 0 Å². The minimum atomic E-state index is -0.317. The maximum Gasteiger partial charge on any atom is 0.277 e. The van der Waals surface area contributed by atoms with Gasteiger partial charge in [0, 0.05) is 5.56 Å². The molecule has 0 heterocycles. The van der Waals surface area contributed by atoms with Crippen LogP contribution in [-0.4, -0.2) is 22.7 Å². The van der Waals surface area contributed by atoms with E-state index >= 15 is 0 Å². The molecule has 1 amide bonds. The highest BCUT2D eigenvalue weighted by molar-refractivity contribution is 5.93. The van der Waals surface area contributed by atoms with Crippen LogP contribution in [0.4, 0.5) is 0 Å². The van der Waals surface area contributed by atoms with Crippen molar-refractivity contribution in [3.05, 3.63) is 35.4 Å². The summed E-state index contributed by atoms with van der Waals surface area (Å²) in [6.07, 6.45) is 11.7. The van der Waals surface area contributed by atoms with Crippen molar-refractivity contribution in [1.29, 1.82) is 0 Å². The van der Waals surface area contributed by atoms with Gasteiger partial charge in [-0.25, -0.2) is 5.06 Å². The molecule has 0 bridgehead atoms. The van der Waals surface area contributed by atoms with Crippen LogP contribution in [0.1, 0.15) is 88.1 Å². The Morgan fingerprint density at radius 3 is 2.04 bits per heavy atom. The fourth-order valence-electron chi connectivity index (χ4n) is 2.85. The smallest absolute Gasteiger partial charge is 0.277 e. The second kappa shape index (κ2) is 12.1. The molecule has 0 saturated carbocycles. The van der Waals surface area contributed by atoms with E-state index in [0.29, 0.717) is 12.1 Å². The largest absolute Gasteiger partial charge is 0.286 e. The van der Waals surface area contributed by atoms with E-state index in [1.54, 1.807) is 0 Å². The summed E-state index contributed by atoms with van der Waals surface area (Å²) in [5.41, 5.74) is 1.82. The highest BCUT2D eigenvalue weighted by Crippen LogP contribution is 2.13. The Morgan fingerprint density at radius 1 is 0.958 bits per heavy atom. The van der Waals surface area contributed by atoms with E-state index in [1.165, 1.54) is 56.9 Å². The molecule has 1 aromatic carbocycles. The lowest BCUT2D eigenvalue weighted by atomic mass is 10.0. The number of carbonyl (C=O) groups excluding carboxylic acids is 1. The monoisotopic (exact) mass is 333 g/mol. The Bertz CT molecular complexity index is 453. The third kappa shape index (κ3) is 8.49. The topological polar surface area (TPSA) is 40.5 Å². The molecule has 0 spiro atoms. The minimum Gasteiger partial charge on any atom is -0.286 e. The summed E-state index contributed by atoms with van der Waals surface area (Å²) in [7, 11) is 0. The van der Waals surface area contributed by atoms with Gasteiger partial charge >= 0.3 is 0 Å². The van der Waals surface area contributed by atoms with Crippen molar-refractivity contribution in [2.45, 2.75) is 78.6 Å². The fraction of sp³-hybridized carbons (Fsp3) is 0.667. The van der Waals surface area contributed by atoms with Gasteiger partial charge in [0.05, 0.1) is 6.54 Å². The van der Waals surface area contributed by atoms with Gasteiger partial charge in [0.2, 0.25) is 0 Å². The minimum absolute atomic E-state index is 0.250. The zero-order chi connectivity index (χ0) is 17.8. The molecule has 0 aliphatic carbocycles. The standard InChI is InChI=1S/C21H35NO2/c1-4-5-6-7-8-9-10-11-12-19-13-15-20(16-14-19)21(23)22(24)17-18(2)3/h13-16,18,24H,4-12,17H2,1-3H3. The number of hydroxylamine groups is 2. The first-order valence-corrected chi connectivity index (χ1v) is 9.64. The van der Waals surface area contributed by atoms with Gasteiger partial charge in [-0.2, -0.15) is 0 Å². The van der Waals surface area contributed by atoms with Gasteiger partial charge in [-0.05, 0) is 36.5 Å². The summed E-state index contributed by atoms with van der Waals surface area (Å²) in [6, 6.07) is 7.67. The van der Waals surface area contributed by atoms with Crippen molar-refractivity contribution >= 4 is 5.91 Å². The average molecular weight is 334 g/mol. The molecular weight excluding hydrogens is 298 g/mol. The predicted octanol–water partition coefficient (Wildman–Crippen LogP) is 5.86. The van der Waals surface area contributed by atoms with E-state index in [9.17, 15) is 10.0 Å². The van der Waals surface area contributed by atoms with Crippen molar-refractivity contribution in [2.24, 2.45) is 5.92 Å². The molecule has 24 heavy (non-hydrogen) atoms. The average Bonchev–Trinajstić information content (AvgIpc) is 2.56. The van der Waals surface area contributed by atoms with E-state index in [4.69, 9.17) is 0 Å². The number of unbranched alkanes of at least 4 members (excludes halogenated alkanes) is 7. The number of aryl methyl sites for hydroxylation is 1. The summed E-state index contributed by atoms with van der Waals surface area (Å²) < 4.78 is 0. The number of amides is 1. The summed E-state index contributed by atoms with van der Waals surface area (Å²) in [4.78, 5) is 12.1. The zero-order valence-electron chi connectivity index (χ0n) is 15.8. The first-order valence-electron chi connectivity index (χ1n) is 9.64. The lowest BCUT2D eigenvalue weighted by Crippen LogP contribution is -2.30. The van der Waals surface area contributed by atoms with Crippen molar-refractivity contribution in [3.8, 4) is 0 Å². The van der Waals surface area contributed by atoms with Gasteiger partial charge in [0.1, 0.15) is 0 Å². The molecule has 1 N–H and O–H groups in total. The molecule has 3 nitrogen and oxygen atoms in total. The molecule has 0 aromatic heterocycles. The first-order chi connectivity index (χ1) is 11.5. The number of benzene rings is 1. The highest BCUT2D eigenvalue weighted by atomic mass is 16.5. The zero-order valence-corrected chi connectivity index (χ0v) is 15.8. The van der Waals surface area contributed by atoms with Crippen molar-refractivity contribution in [3.63, 3.8) is 0 Å². The predicted molar refractivity (Wildman–Crippen MR) is 100 cm³/mol. The van der Waals surface area contributed by atoms with Crippen LogP contribution in [0.15, 0.2) is 24.3 Å². The molecule has 1 rings (SSSR count). The Labute approximate surface area is 148 Å². The van der Waals surface area contributed by atoms with Crippen LogP contribution in [0.25, 0.3) is 0 Å². The van der Waals surface area contributed by atoms with Crippen LogP contribution in [0.3, 0.4) is 0 Å². The molecule has 0 atom stereocenters. The highest BCUT2D eigenvalue weighted by Gasteiger charge is 2.14. The molecule has 0 aliphatic heterocycles. The number of rotatable bonds is 12. The normalized spacial score (nSPS) is 11.0. The van der Waals surface area contributed by atoms with Crippen LogP contribution in [0.5, 0.6) is 0 Å². The summed E-state index contributed by atoms with van der Waals surface area (Å²) >= 11 is 0. The quantitative estimate of drug-likeness (QED) is 0.296. The Hall–Kier alpha value is -1.35. The second-order valence-corrected chi connectivity index (χ2v) is 7.20. The molecule has 3 heteroatoms. The number of nitrogens with zero attached hydrogens (tertiary/aromatic N) is 1. The molecule has 0 aliphatic rings. The number of hydrogen-bond acceptors (Lipinski definition) is 2. The summed E-state index contributed by atoms with van der Waals surface area (Å²) in [6.45, 7) is 6.56. The molecule has 1 aromatic rings. The maximum atomic E-state index is 12.1. The van der Waals surface area contributed by atoms with E-state index in [2.05, 4.69) is 6.92 Å². The molecule has 0 unspecified atom stereocenters. The van der Waals surface area contributed by atoms with Crippen molar-refractivity contribution in [1.82, 2.24) is 5.06 Å². The van der Waals surface area contributed by atoms with Gasteiger partial charge in [-0.1, -0.05) is 77.8 Å². The molecule has 0 radical (unpaired) electrons. The third-order valence-electron chi connectivity index (χ3n) is 4.29. The molecule has 0 fully saturated rings. The van der Waals surface area contributed by atoms with Crippen LogP contribution < -0.4 is 0 Å². The molecule has 0 saturated heterocycles. The van der Waals surface area contributed by atoms with Crippen LogP contribution >= 0.6 is 0 Å². The Morgan fingerprint density at radius 2 is 1.50 bits per heavy atom. The van der Waals surface area contributed by atoms with Crippen molar-refractivity contribution < 1.29 is 10.0 Å². The van der Waals surface area contributed by atoms with E-state index in [1.807, 2.05) is 38.1 Å². The van der Waals surface area contributed by atoms with Crippen molar-refractivity contribution in [2.75, 3.05) is 6.54 Å². The molecular formula is C21H35NO2.